The Labute approximate surface area is 147 Å². The summed E-state index contributed by atoms with van der Waals surface area (Å²) in [6.45, 7) is 2.09. The third-order valence-electron chi connectivity index (χ3n) is 5.10. The number of carbonyl (C=O) groups is 1. The fraction of sp³-hybridized carbons (Fsp3) is 0.632. The van der Waals surface area contributed by atoms with E-state index in [9.17, 15) is 4.79 Å². The molecule has 0 aromatic heterocycles. The lowest BCUT2D eigenvalue weighted by atomic mass is 10.1. The molecule has 6 nitrogen and oxygen atoms in total. The molecule has 136 valence electrons. The molecule has 25 heavy (non-hydrogen) atoms. The molecule has 4 rings (SSSR count). The topological polar surface area (TPSA) is 57.2 Å². The zero-order valence-corrected chi connectivity index (χ0v) is 14.3. The summed E-state index contributed by atoms with van der Waals surface area (Å²) in [4.78, 5) is 18.2. The average molecular weight is 347 g/mol. The Morgan fingerprint density at radius 3 is 2.88 bits per heavy atom. The van der Waals surface area contributed by atoms with Crippen molar-refractivity contribution in [3.63, 3.8) is 0 Å². The van der Waals surface area contributed by atoms with Crippen molar-refractivity contribution in [2.45, 2.75) is 56.6 Å². The number of hydrogen-bond donors (Lipinski definition) is 0. The van der Waals surface area contributed by atoms with Crippen LogP contribution in [0.1, 0.15) is 42.5 Å². The highest BCUT2D eigenvalue weighted by atomic mass is 16.7. The zero-order chi connectivity index (χ0) is 17.1. The highest BCUT2D eigenvalue weighted by Crippen LogP contribution is 2.33. The largest absolute Gasteiger partial charge is 0.457 e. The molecule has 1 aromatic carbocycles. The molecule has 3 aliphatic rings. The van der Waals surface area contributed by atoms with E-state index in [1.807, 2.05) is 23.3 Å². The lowest BCUT2D eigenvalue weighted by Crippen LogP contribution is -2.31. The van der Waals surface area contributed by atoms with Crippen molar-refractivity contribution in [3.05, 3.63) is 35.9 Å². The molecule has 1 aromatic rings. The maximum atomic E-state index is 12.3. The molecule has 6 heteroatoms. The lowest BCUT2D eigenvalue weighted by Gasteiger charge is -2.24. The van der Waals surface area contributed by atoms with Crippen LogP contribution in [0.5, 0.6) is 0 Å². The summed E-state index contributed by atoms with van der Waals surface area (Å²) >= 11 is 0. The molecule has 0 radical (unpaired) electrons. The van der Waals surface area contributed by atoms with Crippen molar-refractivity contribution >= 4 is 5.97 Å². The van der Waals surface area contributed by atoms with E-state index < -0.39 is 0 Å². The number of rotatable bonds is 5. The first kappa shape index (κ1) is 17.0. The van der Waals surface area contributed by atoms with Crippen LogP contribution >= 0.6 is 0 Å². The smallest absolute Gasteiger partial charge is 0.338 e. The van der Waals surface area contributed by atoms with Gasteiger partial charge in [-0.25, -0.2) is 4.79 Å². The van der Waals surface area contributed by atoms with Crippen LogP contribution in [0.3, 0.4) is 0 Å². The molecular weight excluding hydrogens is 322 g/mol. The first-order valence-electron chi connectivity index (χ1n) is 9.22. The van der Waals surface area contributed by atoms with Gasteiger partial charge in [0.15, 0.2) is 6.29 Å². The Kier molecular flexibility index (Phi) is 5.31. The first-order chi connectivity index (χ1) is 12.3. The second-order valence-electron chi connectivity index (χ2n) is 6.90. The first-order valence-corrected chi connectivity index (χ1v) is 9.22. The number of fused-ring (bicyclic) bond motifs is 1. The van der Waals surface area contributed by atoms with Gasteiger partial charge in [-0.05, 0) is 37.8 Å². The van der Waals surface area contributed by atoms with Crippen molar-refractivity contribution in [2.75, 3.05) is 19.8 Å². The predicted molar refractivity (Wildman–Crippen MR) is 89.8 cm³/mol. The Bertz CT molecular complexity index is 574. The zero-order valence-electron chi connectivity index (χ0n) is 14.3. The molecule has 4 atom stereocenters. The standard InChI is InChI=1S/C19H25NO5/c21-19(14-6-2-1-3-7-14)24-17-9-10-20-16(17)12-15(25-20)13-23-18-8-4-5-11-22-18/h1-3,6-7,15-18H,4-5,8-13H2/t15-,16-,17-,18?/m1/s1. The summed E-state index contributed by atoms with van der Waals surface area (Å²) in [6, 6.07) is 9.25. The van der Waals surface area contributed by atoms with E-state index >= 15 is 0 Å². The SMILES string of the molecule is O=C(O[C@@H]1CCN2O[C@@H](COC3CCCCO3)C[C@H]12)c1ccccc1. The van der Waals surface area contributed by atoms with Crippen molar-refractivity contribution in [1.82, 2.24) is 5.06 Å². The van der Waals surface area contributed by atoms with Crippen molar-refractivity contribution in [1.29, 1.82) is 0 Å². The molecule has 0 aliphatic carbocycles. The summed E-state index contributed by atoms with van der Waals surface area (Å²) in [7, 11) is 0. The summed E-state index contributed by atoms with van der Waals surface area (Å²) in [5.74, 6) is -0.261. The van der Waals surface area contributed by atoms with Crippen molar-refractivity contribution in [2.24, 2.45) is 0 Å². The van der Waals surface area contributed by atoms with Gasteiger partial charge < -0.3 is 14.2 Å². The van der Waals surface area contributed by atoms with E-state index in [1.165, 1.54) is 0 Å². The van der Waals surface area contributed by atoms with Gasteiger partial charge in [-0.1, -0.05) is 18.2 Å². The van der Waals surface area contributed by atoms with Crippen molar-refractivity contribution in [3.8, 4) is 0 Å². The summed E-state index contributed by atoms with van der Waals surface area (Å²) in [5, 5.41) is 1.96. The Morgan fingerprint density at radius 2 is 2.08 bits per heavy atom. The minimum atomic E-state index is -0.261. The van der Waals surface area contributed by atoms with Crippen molar-refractivity contribution < 1.29 is 23.8 Å². The van der Waals surface area contributed by atoms with E-state index in [0.717, 1.165) is 45.3 Å². The molecule has 3 aliphatic heterocycles. The number of hydrogen-bond acceptors (Lipinski definition) is 6. The average Bonchev–Trinajstić information content (AvgIpc) is 3.23. The van der Waals surface area contributed by atoms with E-state index in [0.29, 0.717) is 12.2 Å². The second kappa shape index (κ2) is 7.83. The number of nitrogens with zero attached hydrogens (tertiary/aromatic N) is 1. The van der Waals surface area contributed by atoms with Crippen LogP contribution in [0, 0.1) is 0 Å². The van der Waals surface area contributed by atoms with Gasteiger partial charge in [0.05, 0.1) is 18.2 Å². The molecule has 3 fully saturated rings. The molecule has 3 saturated heterocycles. The van der Waals surface area contributed by atoms with E-state index in [4.69, 9.17) is 19.0 Å². The van der Waals surface area contributed by atoms with Gasteiger partial charge in [-0.3, -0.25) is 4.84 Å². The van der Waals surface area contributed by atoms with E-state index in [1.54, 1.807) is 12.1 Å². The molecule has 0 saturated carbocycles. The Morgan fingerprint density at radius 1 is 1.20 bits per heavy atom. The molecule has 0 bridgehead atoms. The van der Waals surface area contributed by atoms with E-state index in [2.05, 4.69) is 0 Å². The summed E-state index contributed by atoms with van der Waals surface area (Å²) < 4.78 is 17.2. The van der Waals surface area contributed by atoms with Crippen LogP contribution < -0.4 is 0 Å². The van der Waals surface area contributed by atoms with Gasteiger partial charge >= 0.3 is 5.97 Å². The third kappa shape index (κ3) is 4.03. The number of benzene rings is 1. The van der Waals surface area contributed by atoms with Crippen LogP contribution in [-0.4, -0.2) is 55.3 Å². The fourth-order valence-electron chi connectivity index (χ4n) is 3.78. The van der Waals surface area contributed by atoms with Gasteiger partial charge in [-0.2, -0.15) is 5.06 Å². The van der Waals surface area contributed by atoms with Gasteiger partial charge in [0.25, 0.3) is 0 Å². The number of esters is 1. The Hall–Kier alpha value is -1.47. The minimum Gasteiger partial charge on any atom is -0.457 e. The summed E-state index contributed by atoms with van der Waals surface area (Å²) in [6.07, 6.45) is 4.64. The van der Waals surface area contributed by atoms with Crippen LogP contribution in [0.25, 0.3) is 0 Å². The highest BCUT2D eigenvalue weighted by molar-refractivity contribution is 5.89. The van der Waals surface area contributed by atoms with Gasteiger partial charge in [0, 0.05) is 19.6 Å². The maximum absolute atomic E-state index is 12.3. The molecule has 3 heterocycles. The van der Waals surface area contributed by atoms with Crippen LogP contribution in [0.15, 0.2) is 30.3 Å². The maximum Gasteiger partial charge on any atom is 0.338 e. The second-order valence-corrected chi connectivity index (χ2v) is 6.90. The number of ether oxygens (including phenoxy) is 3. The normalized spacial score (nSPS) is 32.5. The molecule has 0 N–H and O–H groups in total. The monoisotopic (exact) mass is 347 g/mol. The molecule has 1 unspecified atom stereocenters. The lowest BCUT2D eigenvalue weighted by molar-refractivity contribution is -0.206. The third-order valence-corrected chi connectivity index (χ3v) is 5.10. The Balaban J connectivity index is 1.27. The predicted octanol–water partition coefficient (Wildman–Crippen LogP) is 2.53. The minimum absolute atomic E-state index is 0.00811. The van der Waals surface area contributed by atoms with Gasteiger partial charge in [0.2, 0.25) is 0 Å². The highest BCUT2D eigenvalue weighted by Gasteiger charge is 2.45. The number of hydroxylamine groups is 2. The fourth-order valence-corrected chi connectivity index (χ4v) is 3.78. The molecule has 0 amide bonds. The number of carbonyl (C=O) groups excluding carboxylic acids is 1. The van der Waals surface area contributed by atoms with Gasteiger partial charge in [-0.15, -0.1) is 0 Å². The van der Waals surface area contributed by atoms with E-state index in [-0.39, 0.29) is 30.5 Å². The van der Waals surface area contributed by atoms with Crippen LogP contribution in [-0.2, 0) is 19.0 Å². The molecular formula is C19H25NO5. The van der Waals surface area contributed by atoms with Crippen LogP contribution in [0.2, 0.25) is 0 Å². The summed E-state index contributed by atoms with van der Waals surface area (Å²) in [5.41, 5.74) is 0.592. The molecule has 0 spiro atoms. The van der Waals surface area contributed by atoms with Crippen LogP contribution in [0.4, 0.5) is 0 Å². The van der Waals surface area contributed by atoms with Gasteiger partial charge in [0.1, 0.15) is 12.2 Å². The quantitative estimate of drug-likeness (QED) is 0.763.